The Hall–Kier alpha value is -2.87. The molecule has 0 saturated heterocycles. The van der Waals surface area contributed by atoms with E-state index in [2.05, 4.69) is 65.8 Å². The van der Waals surface area contributed by atoms with E-state index >= 15 is 0 Å². The molecule has 0 atom stereocenters. The number of benzene rings is 1. The van der Waals surface area contributed by atoms with Crippen LogP contribution in [-0.4, -0.2) is 32.6 Å². The van der Waals surface area contributed by atoms with E-state index in [1.54, 1.807) is 18.4 Å². The van der Waals surface area contributed by atoms with Crippen molar-refractivity contribution in [3.05, 3.63) is 54.0 Å². The topological polar surface area (TPSA) is 85.3 Å². The summed E-state index contributed by atoms with van der Waals surface area (Å²) in [4.78, 5) is 12.0. The van der Waals surface area contributed by atoms with Crippen molar-refractivity contribution >= 4 is 23.9 Å². The van der Waals surface area contributed by atoms with Crippen molar-refractivity contribution in [1.82, 2.24) is 20.2 Å². The van der Waals surface area contributed by atoms with Crippen LogP contribution in [-0.2, 0) is 16.8 Å². The van der Waals surface area contributed by atoms with Gasteiger partial charge < -0.3 is 8.98 Å². The smallest absolute Gasteiger partial charge is 0.250 e. The molecule has 0 aliphatic carbocycles. The molecule has 0 fully saturated rings. The predicted molar refractivity (Wildman–Crippen MR) is 115 cm³/mol. The van der Waals surface area contributed by atoms with Crippen LogP contribution in [0.5, 0.6) is 0 Å². The summed E-state index contributed by atoms with van der Waals surface area (Å²) in [6.45, 7) is 9.32. The lowest BCUT2D eigenvalue weighted by Crippen LogP contribution is -2.20. The van der Waals surface area contributed by atoms with Gasteiger partial charge in [0.15, 0.2) is 11.0 Å². The van der Waals surface area contributed by atoms with Gasteiger partial charge in [-0.2, -0.15) is 5.10 Å². The number of thioether (sulfide) groups is 1. The van der Waals surface area contributed by atoms with Gasteiger partial charge in [-0.1, -0.05) is 56.8 Å². The van der Waals surface area contributed by atoms with Crippen molar-refractivity contribution < 1.29 is 9.21 Å². The van der Waals surface area contributed by atoms with Crippen LogP contribution < -0.4 is 5.43 Å². The Balaban J connectivity index is 1.64. The highest BCUT2D eigenvalue weighted by Crippen LogP contribution is 2.27. The number of amides is 1. The standard InChI is InChI=1S/C21H25N5O2S/c1-5-26-19(15-8-10-16(11-9-15)21(2,3)4)24-25-20(26)29-14-18(27)23-22-13-17-7-6-12-28-17/h6-13H,5,14H2,1-4H3,(H,23,27). The number of aromatic nitrogens is 3. The fourth-order valence-electron chi connectivity index (χ4n) is 2.71. The minimum atomic E-state index is -0.223. The molecule has 3 aromatic rings. The summed E-state index contributed by atoms with van der Waals surface area (Å²) in [6, 6.07) is 11.9. The van der Waals surface area contributed by atoms with Crippen molar-refractivity contribution in [2.75, 3.05) is 5.75 Å². The van der Waals surface area contributed by atoms with Crippen LogP contribution in [0.25, 0.3) is 11.4 Å². The molecule has 0 bridgehead atoms. The zero-order valence-corrected chi connectivity index (χ0v) is 17.9. The average molecular weight is 412 g/mol. The summed E-state index contributed by atoms with van der Waals surface area (Å²) in [7, 11) is 0. The van der Waals surface area contributed by atoms with Gasteiger partial charge in [0, 0.05) is 12.1 Å². The summed E-state index contributed by atoms with van der Waals surface area (Å²) < 4.78 is 7.13. The second kappa shape index (κ2) is 9.09. The number of nitrogens with zero attached hydrogens (tertiary/aromatic N) is 4. The highest BCUT2D eigenvalue weighted by atomic mass is 32.2. The minimum absolute atomic E-state index is 0.102. The highest BCUT2D eigenvalue weighted by molar-refractivity contribution is 7.99. The van der Waals surface area contributed by atoms with Crippen molar-refractivity contribution in [3.63, 3.8) is 0 Å². The summed E-state index contributed by atoms with van der Waals surface area (Å²) >= 11 is 1.33. The van der Waals surface area contributed by atoms with Gasteiger partial charge in [-0.25, -0.2) is 5.43 Å². The van der Waals surface area contributed by atoms with Crippen LogP contribution in [0.3, 0.4) is 0 Å². The molecular weight excluding hydrogens is 386 g/mol. The van der Waals surface area contributed by atoms with Gasteiger partial charge in [0.25, 0.3) is 5.91 Å². The van der Waals surface area contributed by atoms with E-state index in [1.165, 1.54) is 23.5 Å². The maximum absolute atomic E-state index is 12.0. The van der Waals surface area contributed by atoms with E-state index in [0.29, 0.717) is 17.5 Å². The van der Waals surface area contributed by atoms with Crippen molar-refractivity contribution in [2.45, 2.75) is 44.8 Å². The molecule has 3 rings (SSSR count). The SMILES string of the molecule is CCn1c(SCC(=O)NN=Cc2ccco2)nnc1-c1ccc(C(C)(C)C)cc1. The molecule has 8 heteroatoms. The fraction of sp³-hybridized carbons (Fsp3) is 0.333. The molecule has 0 aliphatic heterocycles. The van der Waals surface area contributed by atoms with Gasteiger partial charge in [0.1, 0.15) is 5.76 Å². The van der Waals surface area contributed by atoms with E-state index in [0.717, 1.165) is 11.4 Å². The Labute approximate surface area is 174 Å². The Kier molecular flexibility index (Phi) is 6.53. The molecule has 0 saturated carbocycles. The molecule has 29 heavy (non-hydrogen) atoms. The largest absolute Gasteiger partial charge is 0.463 e. The molecule has 1 amide bonds. The first-order valence-corrected chi connectivity index (χ1v) is 10.4. The van der Waals surface area contributed by atoms with E-state index in [9.17, 15) is 4.79 Å². The summed E-state index contributed by atoms with van der Waals surface area (Å²) in [5.41, 5.74) is 4.86. The summed E-state index contributed by atoms with van der Waals surface area (Å²) in [5, 5.41) is 13.2. The number of hydrazone groups is 1. The third kappa shape index (κ3) is 5.35. The quantitative estimate of drug-likeness (QED) is 0.359. The highest BCUT2D eigenvalue weighted by Gasteiger charge is 2.17. The molecule has 7 nitrogen and oxygen atoms in total. The lowest BCUT2D eigenvalue weighted by molar-refractivity contribution is -0.118. The van der Waals surface area contributed by atoms with Gasteiger partial charge in [-0.3, -0.25) is 4.79 Å². The third-order valence-corrected chi connectivity index (χ3v) is 5.27. The number of furan rings is 1. The molecule has 0 spiro atoms. The van der Waals surface area contributed by atoms with Crippen LogP contribution in [0, 0.1) is 0 Å². The van der Waals surface area contributed by atoms with Crippen molar-refractivity contribution in [3.8, 4) is 11.4 Å². The maximum Gasteiger partial charge on any atom is 0.250 e. The first-order valence-electron chi connectivity index (χ1n) is 9.41. The number of carbonyl (C=O) groups is 1. The molecule has 2 aromatic heterocycles. The average Bonchev–Trinajstić information content (AvgIpc) is 3.35. The molecule has 1 aromatic carbocycles. The van der Waals surface area contributed by atoms with Crippen LogP contribution in [0.1, 0.15) is 39.0 Å². The first-order chi connectivity index (χ1) is 13.9. The Bertz CT molecular complexity index is 970. The molecule has 0 radical (unpaired) electrons. The third-order valence-electron chi connectivity index (χ3n) is 4.30. The Morgan fingerprint density at radius 3 is 2.62 bits per heavy atom. The lowest BCUT2D eigenvalue weighted by atomic mass is 9.87. The zero-order chi connectivity index (χ0) is 20.9. The van der Waals surface area contributed by atoms with Crippen molar-refractivity contribution in [2.24, 2.45) is 5.10 Å². The van der Waals surface area contributed by atoms with Crippen LogP contribution in [0.2, 0.25) is 0 Å². The summed E-state index contributed by atoms with van der Waals surface area (Å²) in [6.07, 6.45) is 3.00. The molecule has 2 heterocycles. The van der Waals surface area contributed by atoms with E-state index < -0.39 is 0 Å². The number of hydrogen-bond acceptors (Lipinski definition) is 6. The monoisotopic (exact) mass is 411 g/mol. The van der Waals surface area contributed by atoms with Crippen LogP contribution >= 0.6 is 11.8 Å². The zero-order valence-electron chi connectivity index (χ0n) is 17.0. The van der Waals surface area contributed by atoms with E-state index in [1.807, 2.05) is 11.5 Å². The van der Waals surface area contributed by atoms with Gasteiger partial charge >= 0.3 is 0 Å². The van der Waals surface area contributed by atoms with Gasteiger partial charge in [-0.15, -0.1) is 10.2 Å². The number of hydrogen-bond donors (Lipinski definition) is 1. The second-order valence-electron chi connectivity index (χ2n) is 7.48. The van der Waals surface area contributed by atoms with E-state index in [4.69, 9.17) is 4.42 Å². The number of carbonyl (C=O) groups excluding carboxylic acids is 1. The Morgan fingerprint density at radius 1 is 1.24 bits per heavy atom. The second-order valence-corrected chi connectivity index (χ2v) is 8.42. The number of rotatable bonds is 7. The molecule has 152 valence electrons. The normalized spacial score (nSPS) is 11.9. The molecule has 0 unspecified atom stereocenters. The van der Waals surface area contributed by atoms with Crippen molar-refractivity contribution in [1.29, 1.82) is 0 Å². The van der Waals surface area contributed by atoms with Gasteiger partial charge in [-0.05, 0) is 30.0 Å². The predicted octanol–water partition coefficient (Wildman–Crippen LogP) is 4.10. The lowest BCUT2D eigenvalue weighted by Gasteiger charge is -2.19. The first kappa shape index (κ1) is 20.9. The molecular formula is C21H25N5O2S. The van der Waals surface area contributed by atoms with Crippen LogP contribution in [0.15, 0.2) is 57.3 Å². The fourth-order valence-corrected chi connectivity index (χ4v) is 3.50. The van der Waals surface area contributed by atoms with E-state index in [-0.39, 0.29) is 17.1 Å². The maximum atomic E-state index is 12.0. The molecule has 0 aliphatic rings. The summed E-state index contributed by atoms with van der Waals surface area (Å²) in [5.74, 6) is 1.34. The Morgan fingerprint density at radius 2 is 2.00 bits per heavy atom. The van der Waals surface area contributed by atoms with Gasteiger partial charge in [0.2, 0.25) is 0 Å². The van der Waals surface area contributed by atoms with Crippen LogP contribution in [0.4, 0.5) is 0 Å². The molecule has 1 N–H and O–H groups in total. The van der Waals surface area contributed by atoms with Gasteiger partial charge in [0.05, 0.1) is 18.2 Å². The number of nitrogens with one attached hydrogen (secondary N) is 1. The minimum Gasteiger partial charge on any atom is -0.463 e.